The van der Waals surface area contributed by atoms with Crippen molar-refractivity contribution in [1.82, 2.24) is 4.90 Å². The number of aliphatic carboxylic acids is 1. The predicted molar refractivity (Wildman–Crippen MR) is 81.7 cm³/mol. The number of carbonyl (C=O) groups is 2. The van der Waals surface area contributed by atoms with E-state index in [1.807, 2.05) is 32.0 Å². The lowest BCUT2D eigenvalue weighted by Gasteiger charge is -2.30. The summed E-state index contributed by atoms with van der Waals surface area (Å²) in [5.41, 5.74) is 2.96. The van der Waals surface area contributed by atoms with E-state index in [1.54, 1.807) is 0 Å². The standard InChI is InChI=1S/C17H23NO3/c1-12-5-6-15(13(2)10-12)16(19)7-9-18-8-3-4-14(11-18)17(20)21/h5-6,10,14H,3-4,7-9,11H2,1-2H3,(H,20,21). The molecule has 0 spiro atoms. The summed E-state index contributed by atoms with van der Waals surface area (Å²) in [4.78, 5) is 25.4. The van der Waals surface area contributed by atoms with Crippen molar-refractivity contribution in [3.8, 4) is 0 Å². The largest absolute Gasteiger partial charge is 0.481 e. The number of piperidine rings is 1. The molecule has 1 aliphatic heterocycles. The van der Waals surface area contributed by atoms with Crippen LogP contribution in [0.25, 0.3) is 0 Å². The third kappa shape index (κ3) is 4.14. The van der Waals surface area contributed by atoms with Crippen LogP contribution in [0.5, 0.6) is 0 Å². The van der Waals surface area contributed by atoms with Crippen LogP contribution in [0.1, 0.15) is 40.7 Å². The van der Waals surface area contributed by atoms with Crippen LogP contribution in [0.2, 0.25) is 0 Å². The van der Waals surface area contributed by atoms with Gasteiger partial charge in [-0.2, -0.15) is 0 Å². The summed E-state index contributed by atoms with van der Waals surface area (Å²) in [6.07, 6.45) is 2.10. The number of carboxylic acid groups (broad SMARTS) is 1. The maximum absolute atomic E-state index is 12.3. The van der Waals surface area contributed by atoms with Gasteiger partial charge in [-0.15, -0.1) is 0 Å². The molecule has 0 aliphatic carbocycles. The molecule has 1 fully saturated rings. The molecule has 1 atom stereocenters. The van der Waals surface area contributed by atoms with E-state index in [2.05, 4.69) is 4.90 Å². The van der Waals surface area contributed by atoms with Crippen LogP contribution in [0.3, 0.4) is 0 Å². The molecule has 1 saturated heterocycles. The Morgan fingerprint density at radius 1 is 1.33 bits per heavy atom. The van der Waals surface area contributed by atoms with E-state index in [-0.39, 0.29) is 11.7 Å². The third-order valence-corrected chi connectivity index (χ3v) is 4.19. The number of carbonyl (C=O) groups excluding carboxylic acids is 1. The fraction of sp³-hybridized carbons (Fsp3) is 0.529. The van der Waals surface area contributed by atoms with Gasteiger partial charge >= 0.3 is 5.97 Å². The van der Waals surface area contributed by atoms with Crippen LogP contribution >= 0.6 is 0 Å². The summed E-state index contributed by atoms with van der Waals surface area (Å²) < 4.78 is 0. The molecule has 4 nitrogen and oxygen atoms in total. The van der Waals surface area contributed by atoms with Crippen LogP contribution in [0.15, 0.2) is 18.2 Å². The molecule has 0 bridgehead atoms. The van der Waals surface area contributed by atoms with Crippen LogP contribution < -0.4 is 0 Å². The molecule has 0 amide bonds. The molecule has 1 aliphatic rings. The number of carboxylic acids is 1. The number of aryl methyl sites for hydroxylation is 2. The summed E-state index contributed by atoms with van der Waals surface area (Å²) in [6, 6.07) is 5.87. The lowest BCUT2D eigenvalue weighted by molar-refractivity contribution is -0.143. The van der Waals surface area contributed by atoms with Gasteiger partial charge < -0.3 is 10.0 Å². The molecule has 4 heteroatoms. The highest BCUT2D eigenvalue weighted by Gasteiger charge is 2.25. The second kappa shape index (κ2) is 6.85. The molecule has 2 rings (SSSR count). The Balaban J connectivity index is 1.90. The number of hydrogen-bond donors (Lipinski definition) is 1. The van der Waals surface area contributed by atoms with E-state index in [0.717, 1.165) is 36.1 Å². The van der Waals surface area contributed by atoms with Crippen LogP contribution in [0, 0.1) is 19.8 Å². The highest BCUT2D eigenvalue weighted by Crippen LogP contribution is 2.18. The molecule has 21 heavy (non-hydrogen) atoms. The normalized spacial score (nSPS) is 19.4. The van der Waals surface area contributed by atoms with Gasteiger partial charge in [-0.3, -0.25) is 9.59 Å². The topological polar surface area (TPSA) is 57.6 Å². The monoisotopic (exact) mass is 289 g/mol. The minimum absolute atomic E-state index is 0.143. The summed E-state index contributed by atoms with van der Waals surface area (Å²) >= 11 is 0. The summed E-state index contributed by atoms with van der Waals surface area (Å²) in [7, 11) is 0. The molecule has 0 radical (unpaired) electrons. The molecule has 1 heterocycles. The van der Waals surface area contributed by atoms with Crippen molar-refractivity contribution in [2.45, 2.75) is 33.1 Å². The van der Waals surface area contributed by atoms with Crippen molar-refractivity contribution in [3.05, 3.63) is 34.9 Å². The Kier molecular flexibility index (Phi) is 5.12. The van der Waals surface area contributed by atoms with Gasteiger partial charge in [-0.1, -0.05) is 23.8 Å². The summed E-state index contributed by atoms with van der Waals surface area (Å²) in [5.74, 6) is -0.861. The SMILES string of the molecule is Cc1ccc(C(=O)CCN2CCCC(C(=O)O)C2)c(C)c1. The molecular formula is C17H23NO3. The minimum Gasteiger partial charge on any atom is -0.481 e. The molecule has 0 saturated carbocycles. The van der Waals surface area contributed by atoms with Gasteiger partial charge in [0.15, 0.2) is 5.78 Å². The zero-order chi connectivity index (χ0) is 15.4. The van der Waals surface area contributed by atoms with Crippen molar-refractivity contribution in [2.24, 2.45) is 5.92 Å². The van der Waals surface area contributed by atoms with E-state index in [9.17, 15) is 9.59 Å². The third-order valence-electron chi connectivity index (χ3n) is 4.19. The number of benzene rings is 1. The first-order valence-corrected chi connectivity index (χ1v) is 7.53. The van der Waals surface area contributed by atoms with Gasteiger partial charge in [0.05, 0.1) is 5.92 Å². The zero-order valence-corrected chi connectivity index (χ0v) is 12.8. The first-order chi connectivity index (χ1) is 9.97. The number of rotatable bonds is 5. The highest BCUT2D eigenvalue weighted by atomic mass is 16.4. The smallest absolute Gasteiger partial charge is 0.307 e. The number of likely N-dealkylation sites (tertiary alicyclic amines) is 1. The Morgan fingerprint density at radius 3 is 2.76 bits per heavy atom. The second-order valence-electron chi connectivity index (χ2n) is 5.97. The molecule has 0 aromatic heterocycles. The first kappa shape index (κ1) is 15.7. The Morgan fingerprint density at radius 2 is 2.10 bits per heavy atom. The number of nitrogens with zero attached hydrogens (tertiary/aromatic N) is 1. The van der Waals surface area contributed by atoms with E-state index in [0.29, 0.717) is 19.5 Å². The van der Waals surface area contributed by atoms with Crippen molar-refractivity contribution >= 4 is 11.8 Å². The van der Waals surface area contributed by atoms with Crippen LogP contribution in [0.4, 0.5) is 0 Å². The fourth-order valence-corrected chi connectivity index (χ4v) is 2.98. The summed E-state index contributed by atoms with van der Waals surface area (Å²) in [6.45, 7) is 6.08. The molecule has 1 N–H and O–H groups in total. The fourth-order valence-electron chi connectivity index (χ4n) is 2.98. The van der Waals surface area contributed by atoms with E-state index >= 15 is 0 Å². The average Bonchev–Trinajstić information content (AvgIpc) is 2.45. The van der Waals surface area contributed by atoms with Crippen LogP contribution in [-0.4, -0.2) is 41.4 Å². The molecule has 1 aromatic rings. The van der Waals surface area contributed by atoms with Crippen molar-refractivity contribution < 1.29 is 14.7 Å². The van der Waals surface area contributed by atoms with Crippen molar-refractivity contribution in [2.75, 3.05) is 19.6 Å². The Labute approximate surface area is 125 Å². The minimum atomic E-state index is -0.722. The van der Waals surface area contributed by atoms with Gasteiger partial charge in [0, 0.05) is 25.1 Å². The number of hydrogen-bond acceptors (Lipinski definition) is 3. The Hall–Kier alpha value is -1.68. The predicted octanol–water partition coefficient (Wildman–Crippen LogP) is 2.67. The first-order valence-electron chi connectivity index (χ1n) is 7.53. The van der Waals surface area contributed by atoms with Crippen LogP contribution in [-0.2, 0) is 4.79 Å². The lowest BCUT2D eigenvalue weighted by Crippen LogP contribution is -2.39. The lowest BCUT2D eigenvalue weighted by atomic mass is 9.97. The van der Waals surface area contributed by atoms with Gasteiger partial charge in [-0.05, 0) is 38.8 Å². The van der Waals surface area contributed by atoms with E-state index in [4.69, 9.17) is 5.11 Å². The maximum atomic E-state index is 12.3. The van der Waals surface area contributed by atoms with E-state index in [1.165, 1.54) is 0 Å². The molecule has 1 aromatic carbocycles. The van der Waals surface area contributed by atoms with Gasteiger partial charge in [0.25, 0.3) is 0 Å². The maximum Gasteiger partial charge on any atom is 0.307 e. The van der Waals surface area contributed by atoms with E-state index < -0.39 is 5.97 Å². The number of Topliss-reactive ketones (excluding diaryl/α,β-unsaturated/α-hetero) is 1. The molecule has 114 valence electrons. The average molecular weight is 289 g/mol. The van der Waals surface area contributed by atoms with Gasteiger partial charge in [-0.25, -0.2) is 0 Å². The Bertz CT molecular complexity index is 539. The van der Waals surface area contributed by atoms with Crippen molar-refractivity contribution in [1.29, 1.82) is 0 Å². The number of ketones is 1. The van der Waals surface area contributed by atoms with Gasteiger partial charge in [0.1, 0.15) is 0 Å². The van der Waals surface area contributed by atoms with Gasteiger partial charge in [0.2, 0.25) is 0 Å². The van der Waals surface area contributed by atoms with Crippen molar-refractivity contribution in [3.63, 3.8) is 0 Å². The molecule has 1 unspecified atom stereocenters. The highest BCUT2D eigenvalue weighted by molar-refractivity contribution is 5.97. The summed E-state index contributed by atoms with van der Waals surface area (Å²) in [5, 5.41) is 9.08. The quantitative estimate of drug-likeness (QED) is 0.847. The second-order valence-corrected chi connectivity index (χ2v) is 5.97. The molecular weight excluding hydrogens is 266 g/mol. The zero-order valence-electron chi connectivity index (χ0n) is 12.8.